The van der Waals surface area contributed by atoms with Crippen molar-refractivity contribution in [2.45, 2.75) is 51.4 Å². The van der Waals surface area contributed by atoms with E-state index in [-0.39, 0.29) is 18.3 Å². The van der Waals surface area contributed by atoms with Gasteiger partial charge in [-0.25, -0.2) is 0 Å². The lowest BCUT2D eigenvalue weighted by Crippen LogP contribution is -2.47. The van der Waals surface area contributed by atoms with E-state index in [1.165, 1.54) is 19.3 Å². The number of hydrogen-bond donors (Lipinski definition) is 1. The minimum absolute atomic E-state index is 0.195. The molecule has 2 unspecified atom stereocenters. The highest BCUT2D eigenvalue weighted by Crippen LogP contribution is 2.32. The Morgan fingerprint density at radius 3 is 2.30 bits per heavy atom. The molecule has 1 N–H and O–H groups in total. The fraction of sp³-hybridized carbons (Fsp3) is 0.905. The third kappa shape index (κ3) is 7.41. The van der Waals surface area contributed by atoms with Crippen molar-refractivity contribution < 1.29 is 14.7 Å². The van der Waals surface area contributed by atoms with Crippen LogP contribution in [0.2, 0.25) is 0 Å². The highest BCUT2D eigenvalue weighted by atomic mass is 16.4. The molecule has 27 heavy (non-hydrogen) atoms. The van der Waals surface area contributed by atoms with E-state index in [4.69, 9.17) is 0 Å². The number of carbonyl (C=O) groups is 2. The van der Waals surface area contributed by atoms with Crippen molar-refractivity contribution in [3.8, 4) is 0 Å². The average Bonchev–Trinajstić information content (AvgIpc) is 2.65. The van der Waals surface area contributed by atoms with E-state index >= 15 is 0 Å². The zero-order valence-corrected chi connectivity index (χ0v) is 17.5. The number of rotatable bonds is 9. The van der Waals surface area contributed by atoms with E-state index in [0.29, 0.717) is 11.8 Å². The standard InChI is InChI=1S/C21H39N3O3/c1-22(2)13-14-23(3)11-9-19-16-24(12-10-18(19)15-20(25)26)21(27)17-7-5-4-6-8-17/h17-19H,4-16H2,1-3H3,(H,25,26). The Kier molecular flexibility index (Phi) is 9.03. The molecule has 2 atom stereocenters. The first-order valence-corrected chi connectivity index (χ1v) is 10.7. The molecule has 2 aliphatic rings. The highest BCUT2D eigenvalue weighted by Gasteiger charge is 2.35. The van der Waals surface area contributed by atoms with Crippen LogP contribution >= 0.6 is 0 Å². The molecule has 1 heterocycles. The molecule has 1 aliphatic carbocycles. The largest absolute Gasteiger partial charge is 0.481 e. The Morgan fingerprint density at radius 2 is 1.67 bits per heavy atom. The summed E-state index contributed by atoms with van der Waals surface area (Å²) in [6.45, 7) is 4.47. The third-order valence-electron chi connectivity index (χ3n) is 6.40. The van der Waals surface area contributed by atoms with E-state index in [2.05, 4.69) is 35.8 Å². The maximum atomic E-state index is 12.9. The molecule has 1 saturated heterocycles. The Morgan fingerprint density at radius 1 is 0.963 bits per heavy atom. The molecule has 0 spiro atoms. The Bertz CT molecular complexity index is 477. The highest BCUT2D eigenvalue weighted by molar-refractivity contribution is 5.79. The summed E-state index contributed by atoms with van der Waals surface area (Å²) >= 11 is 0. The third-order valence-corrected chi connectivity index (χ3v) is 6.40. The summed E-state index contributed by atoms with van der Waals surface area (Å²) in [5.41, 5.74) is 0. The fourth-order valence-corrected chi connectivity index (χ4v) is 4.58. The van der Waals surface area contributed by atoms with Gasteiger partial charge < -0.3 is 19.8 Å². The van der Waals surface area contributed by atoms with Gasteiger partial charge in [-0.2, -0.15) is 0 Å². The average molecular weight is 382 g/mol. The van der Waals surface area contributed by atoms with Gasteiger partial charge in [0.05, 0.1) is 0 Å². The van der Waals surface area contributed by atoms with Crippen molar-refractivity contribution in [1.29, 1.82) is 0 Å². The second-order valence-electron chi connectivity index (χ2n) is 8.92. The molecule has 0 radical (unpaired) electrons. The van der Waals surface area contributed by atoms with Crippen LogP contribution in [-0.4, -0.2) is 85.5 Å². The molecule has 1 amide bonds. The van der Waals surface area contributed by atoms with Crippen molar-refractivity contribution in [1.82, 2.24) is 14.7 Å². The predicted molar refractivity (Wildman–Crippen MR) is 108 cm³/mol. The summed E-state index contributed by atoms with van der Waals surface area (Å²) < 4.78 is 0. The predicted octanol–water partition coefficient (Wildman–Crippen LogP) is 2.39. The summed E-state index contributed by atoms with van der Waals surface area (Å²) in [6, 6.07) is 0. The number of amides is 1. The Balaban J connectivity index is 1.91. The van der Waals surface area contributed by atoms with E-state index < -0.39 is 5.97 Å². The molecule has 1 aliphatic heterocycles. The number of carbonyl (C=O) groups excluding carboxylic acids is 1. The summed E-state index contributed by atoms with van der Waals surface area (Å²) in [4.78, 5) is 30.8. The van der Waals surface area contributed by atoms with Gasteiger partial charge >= 0.3 is 5.97 Å². The van der Waals surface area contributed by atoms with Gasteiger partial charge in [-0.1, -0.05) is 19.3 Å². The van der Waals surface area contributed by atoms with Gasteiger partial charge in [0.25, 0.3) is 0 Å². The number of likely N-dealkylation sites (tertiary alicyclic amines) is 1. The van der Waals surface area contributed by atoms with Gasteiger partial charge in [0.15, 0.2) is 0 Å². The van der Waals surface area contributed by atoms with Crippen molar-refractivity contribution in [2.24, 2.45) is 17.8 Å². The minimum atomic E-state index is -0.710. The maximum Gasteiger partial charge on any atom is 0.303 e. The van der Waals surface area contributed by atoms with Crippen molar-refractivity contribution in [2.75, 3.05) is 53.9 Å². The molecule has 0 aromatic heterocycles. The van der Waals surface area contributed by atoms with Crippen LogP contribution in [0.25, 0.3) is 0 Å². The smallest absolute Gasteiger partial charge is 0.303 e. The first kappa shape index (κ1) is 22.2. The molecule has 1 saturated carbocycles. The second kappa shape index (κ2) is 11.0. The van der Waals surface area contributed by atoms with E-state index in [1.807, 2.05) is 0 Å². The van der Waals surface area contributed by atoms with Crippen LogP contribution in [0.4, 0.5) is 0 Å². The zero-order chi connectivity index (χ0) is 19.8. The molecular weight excluding hydrogens is 342 g/mol. The monoisotopic (exact) mass is 381 g/mol. The number of carboxylic acids is 1. The lowest BCUT2D eigenvalue weighted by atomic mass is 9.80. The van der Waals surface area contributed by atoms with Gasteiger partial charge in [-0.3, -0.25) is 9.59 Å². The normalized spacial score (nSPS) is 24.6. The van der Waals surface area contributed by atoms with Gasteiger partial charge in [0.2, 0.25) is 5.91 Å². The molecule has 2 fully saturated rings. The molecule has 156 valence electrons. The summed E-state index contributed by atoms with van der Waals surface area (Å²) in [5.74, 6) is 0.315. The molecular formula is C21H39N3O3. The molecule has 6 heteroatoms. The van der Waals surface area contributed by atoms with Gasteiger partial charge in [-0.05, 0) is 65.2 Å². The molecule has 0 aromatic carbocycles. The topological polar surface area (TPSA) is 64.1 Å². The SMILES string of the molecule is CN(C)CCN(C)CCC1CN(C(=O)C2CCCCC2)CCC1CC(=O)O. The number of piperidine rings is 1. The summed E-state index contributed by atoms with van der Waals surface area (Å²) in [5, 5.41) is 9.29. The number of hydrogen-bond acceptors (Lipinski definition) is 4. The summed E-state index contributed by atoms with van der Waals surface area (Å²) in [7, 11) is 6.28. The first-order chi connectivity index (χ1) is 12.9. The molecule has 2 rings (SSSR count). The van der Waals surface area contributed by atoms with Crippen LogP contribution < -0.4 is 0 Å². The minimum Gasteiger partial charge on any atom is -0.481 e. The molecule has 0 bridgehead atoms. The lowest BCUT2D eigenvalue weighted by Gasteiger charge is -2.40. The first-order valence-electron chi connectivity index (χ1n) is 10.7. The number of likely N-dealkylation sites (N-methyl/N-ethyl adjacent to an activating group) is 2. The van der Waals surface area contributed by atoms with E-state index in [9.17, 15) is 14.7 Å². The van der Waals surface area contributed by atoms with Crippen LogP contribution in [0.5, 0.6) is 0 Å². The van der Waals surface area contributed by atoms with Crippen molar-refractivity contribution in [3.63, 3.8) is 0 Å². The lowest BCUT2D eigenvalue weighted by molar-refractivity contribution is -0.141. The Hall–Kier alpha value is -1.14. The maximum absolute atomic E-state index is 12.9. The number of nitrogens with zero attached hydrogens (tertiary/aromatic N) is 3. The van der Waals surface area contributed by atoms with Crippen LogP contribution in [0.1, 0.15) is 51.4 Å². The van der Waals surface area contributed by atoms with Crippen LogP contribution in [0.3, 0.4) is 0 Å². The molecule has 6 nitrogen and oxygen atoms in total. The van der Waals surface area contributed by atoms with E-state index in [0.717, 1.165) is 58.4 Å². The fourth-order valence-electron chi connectivity index (χ4n) is 4.58. The summed E-state index contributed by atoms with van der Waals surface area (Å²) in [6.07, 6.45) is 7.70. The van der Waals surface area contributed by atoms with Gasteiger partial charge in [0, 0.05) is 38.5 Å². The van der Waals surface area contributed by atoms with Crippen molar-refractivity contribution in [3.05, 3.63) is 0 Å². The van der Waals surface area contributed by atoms with Crippen LogP contribution in [0.15, 0.2) is 0 Å². The number of aliphatic carboxylic acids is 1. The van der Waals surface area contributed by atoms with Crippen LogP contribution in [-0.2, 0) is 9.59 Å². The second-order valence-corrected chi connectivity index (χ2v) is 8.92. The van der Waals surface area contributed by atoms with Gasteiger partial charge in [-0.15, -0.1) is 0 Å². The van der Waals surface area contributed by atoms with Gasteiger partial charge in [0.1, 0.15) is 0 Å². The van der Waals surface area contributed by atoms with E-state index in [1.54, 1.807) is 0 Å². The number of carboxylic acid groups (broad SMARTS) is 1. The quantitative estimate of drug-likeness (QED) is 0.664. The molecule has 0 aromatic rings. The Labute approximate surface area is 164 Å². The van der Waals surface area contributed by atoms with Crippen LogP contribution in [0, 0.1) is 17.8 Å². The van der Waals surface area contributed by atoms with Crippen molar-refractivity contribution >= 4 is 11.9 Å². The zero-order valence-electron chi connectivity index (χ0n) is 17.5.